The van der Waals surface area contributed by atoms with E-state index < -0.39 is 40.4 Å². The molecule has 1 fully saturated rings. The highest BCUT2D eigenvalue weighted by atomic mass is 35.5. The number of hydrogen-bond donors (Lipinski definition) is 1. The Morgan fingerprint density at radius 1 is 1.02 bits per heavy atom. The van der Waals surface area contributed by atoms with Crippen molar-refractivity contribution in [2.24, 2.45) is 11.3 Å². The number of esters is 1. The van der Waals surface area contributed by atoms with E-state index in [1.807, 2.05) is 0 Å². The third-order valence-corrected chi connectivity index (χ3v) is 9.69. The highest BCUT2D eigenvalue weighted by molar-refractivity contribution is 6.35. The molecule has 4 aromatic rings. The van der Waals surface area contributed by atoms with E-state index in [1.54, 1.807) is 55.8 Å². The molecule has 0 aliphatic carbocycles. The quantitative estimate of drug-likeness (QED) is 0.137. The molecule has 0 saturated carbocycles. The van der Waals surface area contributed by atoms with Crippen LogP contribution in [0.2, 0.25) is 20.1 Å². The molecule has 0 radical (unpaired) electrons. The summed E-state index contributed by atoms with van der Waals surface area (Å²) < 4.78 is 14.2. The van der Waals surface area contributed by atoms with Crippen LogP contribution in [-0.2, 0) is 37.8 Å². The fourth-order valence-electron chi connectivity index (χ4n) is 5.96. The maximum absolute atomic E-state index is 14.3. The first-order valence-electron chi connectivity index (χ1n) is 14.0. The summed E-state index contributed by atoms with van der Waals surface area (Å²) in [6.07, 6.45) is 5.51. The van der Waals surface area contributed by atoms with Crippen LogP contribution < -0.4 is 0 Å². The first-order chi connectivity index (χ1) is 21.3. The zero-order valence-corrected chi connectivity index (χ0v) is 27.6. The van der Waals surface area contributed by atoms with Gasteiger partial charge in [-0.15, -0.1) is 0 Å². The van der Waals surface area contributed by atoms with Gasteiger partial charge in [0.1, 0.15) is 36.3 Å². The lowest BCUT2D eigenvalue weighted by atomic mass is 9.61. The van der Waals surface area contributed by atoms with Crippen LogP contribution in [0.1, 0.15) is 44.2 Å². The molecule has 3 heterocycles. The number of aliphatic hydroxyl groups is 1. The van der Waals surface area contributed by atoms with Gasteiger partial charge >= 0.3 is 11.9 Å². The molecule has 2 aromatic carbocycles. The van der Waals surface area contributed by atoms with E-state index in [9.17, 15) is 14.7 Å². The zero-order chi connectivity index (χ0) is 32.6. The van der Waals surface area contributed by atoms with Gasteiger partial charge in [0.2, 0.25) is 5.60 Å². The van der Waals surface area contributed by atoms with E-state index in [0.717, 1.165) is 0 Å². The molecule has 1 aliphatic heterocycles. The van der Waals surface area contributed by atoms with E-state index in [2.05, 4.69) is 20.2 Å². The third kappa shape index (κ3) is 6.41. The Morgan fingerprint density at radius 3 is 2.16 bits per heavy atom. The van der Waals surface area contributed by atoms with E-state index in [1.165, 1.54) is 36.1 Å². The summed E-state index contributed by atoms with van der Waals surface area (Å²) in [6.45, 7) is 4.87. The highest BCUT2D eigenvalue weighted by Gasteiger charge is 2.64. The topological polar surface area (TPSA) is 138 Å². The molecule has 5 unspecified atom stereocenters. The van der Waals surface area contributed by atoms with Crippen LogP contribution in [0.25, 0.3) is 0 Å². The average molecular weight is 696 g/mol. The van der Waals surface area contributed by atoms with Crippen molar-refractivity contribution in [3.63, 3.8) is 0 Å². The Morgan fingerprint density at radius 2 is 1.62 bits per heavy atom. The van der Waals surface area contributed by atoms with Gasteiger partial charge < -0.3 is 14.6 Å². The minimum Gasteiger partial charge on any atom is -0.465 e. The van der Waals surface area contributed by atoms with E-state index in [-0.39, 0.29) is 36.7 Å². The van der Waals surface area contributed by atoms with Gasteiger partial charge in [-0.1, -0.05) is 58.5 Å². The van der Waals surface area contributed by atoms with Crippen LogP contribution in [-0.4, -0.2) is 58.8 Å². The molecule has 0 bridgehead atoms. The number of aromatic nitrogens is 6. The molecule has 0 spiro atoms. The average Bonchev–Trinajstić information content (AvgIpc) is 3.40. The number of epoxide rings is 1. The number of rotatable bonds is 13. The molecule has 11 nitrogen and oxygen atoms in total. The Hall–Kier alpha value is -3.22. The van der Waals surface area contributed by atoms with Crippen LogP contribution in [0.15, 0.2) is 61.7 Å². The first-order valence-corrected chi connectivity index (χ1v) is 15.5. The van der Waals surface area contributed by atoms with Gasteiger partial charge in [-0.2, -0.15) is 10.2 Å². The van der Waals surface area contributed by atoms with Gasteiger partial charge in [-0.3, -0.25) is 9.48 Å². The Bertz CT molecular complexity index is 1690. The highest BCUT2D eigenvalue weighted by Crippen LogP contribution is 2.55. The molecule has 2 aromatic heterocycles. The standard InChI is InChI=1S/C30H30Cl4N6O5/c1-4-44-26(41)28(2,30(43,13-40-17-36-15-38-40)22-8-6-19(32)10-25(22)34)11-21(20-7-5-18(31)9-24(20)33)23(29(3)27(42)45-29)12-39-16-35-14-37-39/h5-10,14-17,21,23,43H,4,11-13H2,1-3H3. The third-order valence-electron chi connectivity index (χ3n) is 8.57. The summed E-state index contributed by atoms with van der Waals surface area (Å²) in [5.74, 6) is -2.53. The summed E-state index contributed by atoms with van der Waals surface area (Å²) in [6, 6.07) is 9.59. The van der Waals surface area contributed by atoms with Gasteiger partial charge in [0.05, 0.1) is 19.7 Å². The predicted octanol–water partition coefficient (Wildman–Crippen LogP) is 5.75. The lowest BCUT2D eigenvalue weighted by Gasteiger charge is -2.46. The lowest BCUT2D eigenvalue weighted by Crippen LogP contribution is -2.54. The van der Waals surface area contributed by atoms with Crippen LogP contribution in [0.3, 0.4) is 0 Å². The largest absolute Gasteiger partial charge is 0.465 e. The number of cyclic esters (lactones) is 1. The Balaban J connectivity index is 1.75. The van der Waals surface area contributed by atoms with Gasteiger partial charge in [0.25, 0.3) is 0 Å². The van der Waals surface area contributed by atoms with Crippen molar-refractivity contribution in [3.05, 3.63) is 92.9 Å². The van der Waals surface area contributed by atoms with Crippen molar-refractivity contribution in [2.75, 3.05) is 6.61 Å². The van der Waals surface area contributed by atoms with E-state index in [0.29, 0.717) is 20.6 Å². The molecule has 238 valence electrons. The minimum atomic E-state index is -2.07. The van der Waals surface area contributed by atoms with Crippen molar-refractivity contribution in [1.29, 1.82) is 0 Å². The maximum Gasteiger partial charge on any atom is 0.351 e. The molecular weight excluding hydrogens is 666 g/mol. The van der Waals surface area contributed by atoms with Crippen molar-refractivity contribution in [1.82, 2.24) is 29.5 Å². The smallest absolute Gasteiger partial charge is 0.351 e. The molecule has 5 rings (SSSR count). The summed E-state index contributed by atoms with van der Waals surface area (Å²) >= 11 is 26.1. The van der Waals surface area contributed by atoms with Crippen molar-refractivity contribution < 1.29 is 24.2 Å². The first kappa shape index (κ1) is 33.2. The lowest BCUT2D eigenvalue weighted by molar-refractivity contribution is -0.181. The van der Waals surface area contributed by atoms with Crippen LogP contribution >= 0.6 is 46.4 Å². The number of halogens is 4. The summed E-state index contributed by atoms with van der Waals surface area (Å²) in [5, 5.41) is 22.6. The second-order valence-electron chi connectivity index (χ2n) is 11.3. The number of benzene rings is 2. The predicted molar refractivity (Wildman–Crippen MR) is 167 cm³/mol. The molecule has 15 heteroatoms. The maximum atomic E-state index is 14.3. The normalized spacial score (nSPS) is 20.0. The van der Waals surface area contributed by atoms with Gasteiger partial charge in [0.15, 0.2) is 0 Å². The van der Waals surface area contributed by atoms with Crippen LogP contribution in [0.4, 0.5) is 0 Å². The molecular formula is C30H30Cl4N6O5. The van der Waals surface area contributed by atoms with Crippen LogP contribution in [0, 0.1) is 11.3 Å². The second kappa shape index (κ2) is 12.9. The van der Waals surface area contributed by atoms with Gasteiger partial charge in [-0.05, 0) is 62.9 Å². The number of ether oxygens (including phenoxy) is 2. The summed E-state index contributed by atoms with van der Waals surface area (Å²) in [7, 11) is 0. The number of carbonyl (C=O) groups is 2. The van der Waals surface area contributed by atoms with Gasteiger partial charge in [-0.25, -0.2) is 19.4 Å². The molecule has 1 N–H and O–H groups in total. The fourth-order valence-corrected chi connectivity index (χ4v) is 7.07. The van der Waals surface area contributed by atoms with Crippen molar-refractivity contribution >= 4 is 58.3 Å². The minimum absolute atomic E-state index is 0.0241. The van der Waals surface area contributed by atoms with Crippen molar-refractivity contribution in [3.8, 4) is 0 Å². The summed E-state index contributed by atoms with van der Waals surface area (Å²) in [4.78, 5) is 35.2. The monoisotopic (exact) mass is 694 g/mol. The molecule has 1 saturated heterocycles. The fraction of sp³-hybridized carbons (Fsp3) is 0.400. The molecule has 1 aliphatic rings. The molecule has 5 atom stereocenters. The van der Waals surface area contributed by atoms with Crippen molar-refractivity contribution in [2.45, 2.75) is 57.4 Å². The molecule has 0 amide bonds. The zero-order valence-electron chi connectivity index (χ0n) is 24.5. The van der Waals surface area contributed by atoms with Crippen LogP contribution in [0.5, 0.6) is 0 Å². The SMILES string of the molecule is CCOC(=O)C(C)(CC(c1ccc(Cl)cc1Cl)C(Cn1cncn1)C1(C)OC1=O)C(O)(Cn1cncn1)c1ccc(Cl)cc1Cl. The Kier molecular flexibility index (Phi) is 9.49. The van der Waals surface area contributed by atoms with E-state index in [4.69, 9.17) is 55.9 Å². The van der Waals surface area contributed by atoms with Gasteiger partial charge in [0, 0.05) is 31.6 Å². The van der Waals surface area contributed by atoms with E-state index >= 15 is 0 Å². The number of carbonyl (C=O) groups excluding carboxylic acids is 2. The second-order valence-corrected chi connectivity index (χ2v) is 13.0. The summed E-state index contributed by atoms with van der Waals surface area (Å²) in [5.41, 5.74) is -4.33. The number of nitrogens with zero attached hydrogens (tertiary/aromatic N) is 6. The molecule has 45 heavy (non-hydrogen) atoms. The Labute approximate surface area is 279 Å². The number of hydrogen-bond acceptors (Lipinski definition) is 9.